The fourth-order valence-corrected chi connectivity index (χ4v) is 18.9. The Bertz CT molecular complexity index is 6590. The smallest absolute Gasteiger partial charge is 0.123 e. The summed E-state index contributed by atoms with van der Waals surface area (Å²) >= 11 is 0. The van der Waals surface area contributed by atoms with Gasteiger partial charge >= 0.3 is 0 Å². The Morgan fingerprint density at radius 3 is 1.12 bits per heavy atom. The predicted octanol–water partition coefficient (Wildman–Crippen LogP) is 25.5. The van der Waals surface area contributed by atoms with E-state index in [-0.39, 0.29) is 23.5 Å². The zero-order chi connectivity index (χ0) is 64.2. The minimum Gasteiger partial charge on any atom is -0.207 e. The lowest BCUT2D eigenvalue weighted by Crippen LogP contribution is -2.26. The van der Waals surface area contributed by atoms with Crippen molar-refractivity contribution in [3.05, 3.63) is 354 Å². The van der Waals surface area contributed by atoms with Crippen LogP contribution in [0.3, 0.4) is 0 Å². The zero-order valence-electron chi connectivity index (χ0n) is 52.9. The van der Waals surface area contributed by atoms with Crippen LogP contribution in [-0.2, 0) is 0 Å². The van der Waals surface area contributed by atoms with E-state index in [9.17, 15) is 8.78 Å². The zero-order valence-corrected chi connectivity index (χ0v) is 52.9. The second-order valence-electron chi connectivity index (χ2n) is 27.2. The molecule has 2 unspecified atom stereocenters. The number of halogens is 2. The molecule has 0 fully saturated rings. The minimum atomic E-state index is -0.247. The van der Waals surface area contributed by atoms with Gasteiger partial charge < -0.3 is 0 Å². The van der Waals surface area contributed by atoms with Crippen molar-refractivity contribution in [2.75, 3.05) is 0 Å². The Kier molecular flexibility index (Phi) is 11.1. The minimum absolute atomic E-state index is 0.00515. The normalized spacial score (nSPS) is 14.8. The van der Waals surface area contributed by atoms with Gasteiger partial charge in [-0.25, -0.2) is 8.78 Å². The molecule has 18 aromatic carbocycles. The van der Waals surface area contributed by atoms with Gasteiger partial charge in [-0.15, -0.1) is 0 Å². The van der Waals surface area contributed by atoms with Crippen molar-refractivity contribution in [1.82, 2.24) is 0 Å². The average Bonchev–Trinajstić information content (AvgIpc) is 1.47. The van der Waals surface area contributed by atoms with Crippen LogP contribution in [0.15, 0.2) is 309 Å². The van der Waals surface area contributed by atoms with Gasteiger partial charge in [0.25, 0.3) is 0 Å². The molecule has 0 saturated carbocycles. The van der Waals surface area contributed by atoms with Crippen molar-refractivity contribution in [2.45, 2.75) is 11.8 Å². The summed E-state index contributed by atoms with van der Waals surface area (Å²) in [6, 6.07) is 107. The second-order valence-corrected chi connectivity index (χ2v) is 27.2. The summed E-state index contributed by atoms with van der Waals surface area (Å²) in [5.74, 6) is -0.523. The van der Waals surface area contributed by atoms with E-state index in [0.717, 1.165) is 27.8 Å². The van der Waals surface area contributed by atoms with Crippen LogP contribution in [0.4, 0.5) is 8.78 Å². The standard InChI is InChI=1S/C96H54F2/c97-61-35-31-57(32-36-61)65-41-39-63(53-19-7-1-8-20-53)81-67-43-47-71-86-70(46-44-68(82(65)81)85(67)86)91-79(59-27-15-5-16-28-59)93-74-50-49-73-87-75(55-23-11-3-12-24-55)51-77-84-66(58-33-37-62(98)38-34-58)42-40-64(54-21-9-2-10-22-54)83(84)69-45-48-72(94(87)89(69)77)88-76(56-25-13-4-14-26-56)52-78(90(74)95(73)88)96(93)80(92(71)91)60-29-17-6-18-30-60/h1-52,77,89H. The van der Waals surface area contributed by atoms with Crippen molar-refractivity contribution >= 4 is 92.6 Å². The Labute approximate surface area is 564 Å². The van der Waals surface area contributed by atoms with E-state index in [2.05, 4.69) is 267 Å². The van der Waals surface area contributed by atoms with Gasteiger partial charge in [0, 0.05) is 11.8 Å². The molecule has 4 aliphatic rings. The summed E-state index contributed by atoms with van der Waals surface area (Å²) in [5, 5.41) is 18.9. The molecule has 18 aromatic rings. The monoisotopic (exact) mass is 1240 g/mol. The third-order valence-electron chi connectivity index (χ3n) is 22.6. The van der Waals surface area contributed by atoms with Crippen LogP contribution in [0, 0.1) is 11.6 Å². The van der Waals surface area contributed by atoms with Gasteiger partial charge in [-0.3, -0.25) is 0 Å². The molecule has 0 nitrogen and oxygen atoms in total. The van der Waals surface area contributed by atoms with E-state index in [0.29, 0.717) is 0 Å². The fourth-order valence-electron chi connectivity index (χ4n) is 18.9. The summed E-state index contributed by atoms with van der Waals surface area (Å²) in [4.78, 5) is 0. The maximum atomic E-state index is 15.0. The quantitative estimate of drug-likeness (QED) is 0.142. The molecule has 452 valence electrons. The molecule has 0 spiro atoms. The largest absolute Gasteiger partial charge is 0.207 e. The first-order valence-corrected chi connectivity index (χ1v) is 34.1. The van der Waals surface area contributed by atoms with Crippen molar-refractivity contribution in [2.24, 2.45) is 0 Å². The first-order chi connectivity index (χ1) is 48.5. The van der Waals surface area contributed by atoms with Crippen molar-refractivity contribution < 1.29 is 8.78 Å². The van der Waals surface area contributed by atoms with Crippen LogP contribution in [-0.4, -0.2) is 0 Å². The molecule has 0 radical (unpaired) electrons. The highest BCUT2D eigenvalue weighted by molar-refractivity contribution is 6.50. The van der Waals surface area contributed by atoms with Gasteiger partial charge in [-0.2, -0.15) is 0 Å². The van der Waals surface area contributed by atoms with Crippen LogP contribution in [0.5, 0.6) is 0 Å². The maximum Gasteiger partial charge on any atom is 0.123 e. The first-order valence-electron chi connectivity index (χ1n) is 34.1. The van der Waals surface area contributed by atoms with Crippen LogP contribution < -0.4 is 5.22 Å². The van der Waals surface area contributed by atoms with Gasteiger partial charge in [-0.05, 0) is 250 Å². The van der Waals surface area contributed by atoms with Crippen LogP contribution in [0.1, 0.15) is 39.7 Å². The van der Waals surface area contributed by atoms with Gasteiger partial charge in [0.2, 0.25) is 0 Å². The molecular weight excluding hydrogens is 1190 g/mol. The van der Waals surface area contributed by atoms with Gasteiger partial charge in [0.05, 0.1) is 0 Å². The summed E-state index contributed by atoms with van der Waals surface area (Å²) in [5.41, 5.74) is 30.0. The van der Waals surface area contributed by atoms with Crippen molar-refractivity contribution in [3.63, 3.8) is 0 Å². The number of hydrogen-bond acceptors (Lipinski definition) is 0. The van der Waals surface area contributed by atoms with Gasteiger partial charge in [0.15, 0.2) is 0 Å². The van der Waals surface area contributed by atoms with Gasteiger partial charge in [0.1, 0.15) is 11.6 Å². The van der Waals surface area contributed by atoms with Crippen LogP contribution >= 0.6 is 0 Å². The lowest BCUT2D eigenvalue weighted by Gasteiger charge is -2.34. The van der Waals surface area contributed by atoms with Crippen LogP contribution in [0.25, 0.3) is 193 Å². The molecule has 2 heteroatoms. The fraction of sp³-hybridized carbons (Fsp3) is 0.0208. The first kappa shape index (κ1) is 53.9. The summed E-state index contributed by atoms with van der Waals surface area (Å²) in [7, 11) is 0. The van der Waals surface area contributed by atoms with E-state index in [1.54, 1.807) is 24.3 Å². The Balaban J connectivity index is 0.908. The Morgan fingerprint density at radius 2 is 0.612 bits per heavy atom. The molecule has 2 atom stereocenters. The highest BCUT2D eigenvalue weighted by Gasteiger charge is 2.46. The van der Waals surface area contributed by atoms with Crippen molar-refractivity contribution in [3.8, 4) is 100 Å². The molecule has 0 amide bonds. The average molecular weight is 1250 g/mol. The Hall–Kier alpha value is -12.4. The number of fused-ring (bicyclic) bond motifs is 14. The number of hydrogen-bond donors (Lipinski definition) is 0. The lowest BCUT2D eigenvalue weighted by molar-refractivity contribution is 0.627. The Morgan fingerprint density at radius 1 is 0.224 bits per heavy atom. The molecule has 0 heterocycles. The third-order valence-corrected chi connectivity index (χ3v) is 22.6. The third kappa shape index (κ3) is 7.20. The highest BCUT2D eigenvalue weighted by Crippen LogP contribution is 2.65. The highest BCUT2D eigenvalue weighted by atomic mass is 19.1. The van der Waals surface area contributed by atoms with Gasteiger partial charge in [-0.1, -0.05) is 285 Å². The molecule has 0 N–H and O–H groups in total. The van der Waals surface area contributed by atoms with E-state index < -0.39 is 0 Å². The molecule has 0 bridgehead atoms. The molecule has 0 aromatic heterocycles. The lowest BCUT2D eigenvalue weighted by atomic mass is 9.68. The molecular formula is C96H54F2. The summed E-state index contributed by atoms with van der Waals surface area (Å²) < 4.78 is 29.8. The topological polar surface area (TPSA) is 0 Å². The number of benzene rings is 16. The molecule has 0 aliphatic heterocycles. The molecule has 0 saturated heterocycles. The van der Waals surface area contributed by atoms with Crippen molar-refractivity contribution in [1.29, 1.82) is 0 Å². The predicted molar refractivity (Wildman–Crippen MR) is 407 cm³/mol. The summed E-state index contributed by atoms with van der Waals surface area (Å²) in [6.07, 6.45) is 7.58. The van der Waals surface area contributed by atoms with E-state index in [4.69, 9.17) is 0 Å². The maximum absolute atomic E-state index is 15.0. The molecule has 22 rings (SSSR count). The number of allylic oxidation sites excluding steroid dienone is 3. The molecule has 4 aliphatic carbocycles. The van der Waals surface area contributed by atoms with E-state index in [1.165, 1.54) is 192 Å². The number of rotatable bonds is 8. The van der Waals surface area contributed by atoms with Crippen LogP contribution in [0.2, 0.25) is 0 Å². The SMILES string of the molecule is Fc1ccc(-c2ccc(-c3ccccc3)c3c2-c2ccc4c5c(-c6ccccc6)c6c7ccc8c9c%10c(c%11c(-c%12ccccc%12)cc(c6c(-c6ccccc6)c5c5ccc-3c2c45)c7c8%11)=CC=C2c3c(-c4ccccc4)ccc(-c4ccc(F)cc4)c3C(C=C9c3ccccc3)C2%10)cc1. The van der Waals surface area contributed by atoms with E-state index >= 15 is 0 Å². The molecule has 98 heavy (non-hydrogen) atoms. The second kappa shape index (κ2) is 20.1. The van der Waals surface area contributed by atoms with E-state index in [1.807, 2.05) is 24.3 Å². The summed E-state index contributed by atoms with van der Waals surface area (Å²) in [6.45, 7) is 0.